The van der Waals surface area contributed by atoms with Gasteiger partial charge in [0.15, 0.2) is 0 Å². The van der Waals surface area contributed by atoms with Crippen LogP contribution in [-0.2, 0) is 0 Å². The van der Waals surface area contributed by atoms with Gasteiger partial charge in [0.1, 0.15) is 0 Å². The molecule has 0 bridgehead atoms. The first-order chi connectivity index (χ1) is 6.16. The molecular formula is C11H18N2. The number of aromatic nitrogens is 2. The molecular weight excluding hydrogens is 160 g/mol. The van der Waals surface area contributed by atoms with Crippen LogP contribution in [0.15, 0.2) is 12.4 Å². The standard InChI is InChI=1S/C11H18N2/c1-5-9(4)11-7-13-12-6-10(11)8(2)3/h6-9H,5H2,1-4H3. The first-order valence-electron chi connectivity index (χ1n) is 4.97. The lowest BCUT2D eigenvalue weighted by atomic mass is 9.91. The summed E-state index contributed by atoms with van der Waals surface area (Å²) in [6.07, 6.45) is 4.96. The summed E-state index contributed by atoms with van der Waals surface area (Å²) in [4.78, 5) is 0. The predicted octanol–water partition coefficient (Wildman–Crippen LogP) is 3.11. The summed E-state index contributed by atoms with van der Waals surface area (Å²) in [5.74, 6) is 1.13. The number of rotatable bonds is 3. The Labute approximate surface area is 80.4 Å². The average Bonchev–Trinajstić information content (AvgIpc) is 2.16. The summed E-state index contributed by atoms with van der Waals surface area (Å²) in [5, 5.41) is 7.88. The lowest BCUT2D eigenvalue weighted by Crippen LogP contribution is -2.02. The Kier molecular flexibility index (Phi) is 3.40. The molecule has 0 aliphatic carbocycles. The van der Waals surface area contributed by atoms with Crippen LogP contribution in [0, 0.1) is 0 Å². The van der Waals surface area contributed by atoms with E-state index in [1.165, 1.54) is 11.1 Å². The molecule has 0 aromatic carbocycles. The molecule has 0 aliphatic rings. The maximum absolute atomic E-state index is 3.95. The van der Waals surface area contributed by atoms with Crippen molar-refractivity contribution in [3.8, 4) is 0 Å². The lowest BCUT2D eigenvalue weighted by molar-refractivity contribution is 0.694. The first kappa shape index (κ1) is 10.2. The molecule has 0 fully saturated rings. The van der Waals surface area contributed by atoms with Gasteiger partial charge in [0.25, 0.3) is 0 Å². The Morgan fingerprint density at radius 3 is 2.08 bits per heavy atom. The third-order valence-electron chi connectivity index (χ3n) is 2.56. The van der Waals surface area contributed by atoms with E-state index in [4.69, 9.17) is 0 Å². The Balaban J connectivity index is 3.04. The molecule has 1 atom stereocenters. The van der Waals surface area contributed by atoms with Gasteiger partial charge in [0.2, 0.25) is 0 Å². The smallest absolute Gasteiger partial charge is 0.0533 e. The van der Waals surface area contributed by atoms with Crippen LogP contribution in [0.1, 0.15) is 57.1 Å². The first-order valence-corrected chi connectivity index (χ1v) is 4.97. The van der Waals surface area contributed by atoms with Crippen LogP contribution in [0.25, 0.3) is 0 Å². The van der Waals surface area contributed by atoms with Crippen molar-refractivity contribution in [2.45, 2.75) is 46.0 Å². The van der Waals surface area contributed by atoms with Gasteiger partial charge in [-0.05, 0) is 29.4 Å². The minimum absolute atomic E-state index is 0.541. The van der Waals surface area contributed by atoms with E-state index in [1.54, 1.807) is 0 Å². The van der Waals surface area contributed by atoms with Crippen LogP contribution in [0.5, 0.6) is 0 Å². The van der Waals surface area contributed by atoms with E-state index in [-0.39, 0.29) is 0 Å². The summed E-state index contributed by atoms with van der Waals surface area (Å²) < 4.78 is 0. The van der Waals surface area contributed by atoms with Gasteiger partial charge in [-0.2, -0.15) is 10.2 Å². The van der Waals surface area contributed by atoms with Crippen LogP contribution in [-0.4, -0.2) is 10.2 Å². The summed E-state index contributed by atoms with van der Waals surface area (Å²) in [6, 6.07) is 0. The Morgan fingerprint density at radius 2 is 1.62 bits per heavy atom. The van der Waals surface area contributed by atoms with E-state index < -0.39 is 0 Å². The topological polar surface area (TPSA) is 25.8 Å². The molecule has 72 valence electrons. The van der Waals surface area contributed by atoms with Crippen molar-refractivity contribution < 1.29 is 0 Å². The highest BCUT2D eigenvalue weighted by molar-refractivity contribution is 5.26. The Bertz CT molecular complexity index is 269. The van der Waals surface area contributed by atoms with Crippen LogP contribution in [0.4, 0.5) is 0 Å². The molecule has 0 spiro atoms. The van der Waals surface area contributed by atoms with Gasteiger partial charge >= 0.3 is 0 Å². The fourth-order valence-corrected chi connectivity index (χ4v) is 1.45. The Morgan fingerprint density at radius 1 is 1.08 bits per heavy atom. The van der Waals surface area contributed by atoms with Crippen molar-refractivity contribution in [2.24, 2.45) is 0 Å². The van der Waals surface area contributed by atoms with E-state index in [2.05, 4.69) is 37.9 Å². The molecule has 1 unspecified atom stereocenters. The lowest BCUT2D eigenvalue weighted by Gasteiger charge is -2.15. The van der Waals surface area contributed by atoms with Gasteiger partial charge in [0.05, 0.1) is 12.4 Å². The van der Waals surface area contributed by atoms with Crippen LogP contribution >= 0.6 is 0 Å². The van der Waals surface area contributed by atoms with Crippen LogP contribution in [0.3, 0.4) is 0 Å². The van der Waals surface area contributed by atoms with E-state index in [9.17, 15) is 0 Å². The summed E-state index contributed by atoms with van der Waals surface area (Å²) in [6.45, 7) is 8.84. The van der Waals surface area contributed by atoms with E-state index in [0.29, 0.717) is 11.8 Å². The van der Waals surface area contributed by atoms with Crippen molar-refractivity contribution in [1.82, 2.24) is 10.2 Å². The fraction of sp³-hybridized carbons (Fsp3) is 0.636. The zero-order chi connectivity index (χ0) is 9.84. The zero-order valence-corrected chi connectivity index (χ0v) is 8.91. The maximum Gasteiger partial charge on any atom is 0.0533 e. The summed E-state index contributed by atoms with van der Waals surface area (Å²) >= 11 is 0. The van der Waals surface area contributed by atoms with Gasteiger partial charge < -0.3 is 0 Å². The second-order valence-corrected chi connectivity index (χ2v) is 3.86. The van der Waals surface area contributed by atoms with E-state index >= 15 is 0 Å². The second-order valence-electron chi connectivity index (χ2n) is 3.86. The van der Waals surface area contributed by atoms with Crippen LogP contribution in [0.2, 0.25) is 0 Å². The van der Waals surface area contributed by atoms with E-state index in [0.717, 1.165) is 6.42 Å². The molecule has 13 heavy (non-hydrogen) atoms. The molecule has 0 saturated heterocycles. The monoisotopic (exact) mass is 178 g/mol. The number of hydrogen-bond donors (Lipinski definition) is 0. The second kappa shape index (κ2) is 4.35. The molecule has 1 heterocycles. The molecule has 1 rings (SSSR count). The fourth-order valence-electron chi connectivity index (χ4n) is 1.45. The van der Waals surface area contributed by atoms with E-state index in [1.807, 2.05) is 12.4 Å². The van der Waals surface area contributed by atoms with Crippen molar-refractivity contribution >= 4 is 0 Å². The SMILES string of the molecule is CCC(C)c1cnncc1C(C)C. The molecule has 1 aromatic heterocycles. The van der Waals surface area contributed by atoms with Crippen molar-refractivity contribution in [2.75, 3.05) is 0 Å². The zero-order valence-electron chi connectivity index (χ0n) is 8.91. The van der Waals surface area contributed by atoms with Crippen LogP contribution < -0.4 is 0 Å². The molecule has 0 N–H and O–H groups in total. The number of nitrogens with zero attached hydrogens (tertiary/aromatic N) is 2. The molecule has 2 heteroatoms. The highest BCUT2D eigenvalue weighted by Crippen LogP contribution is 2.26. The summed E-state index contributed by atoms with van der Waals surface area (Å²) in [5.41, 5.74) is 2.69. The third kappa shape index (κ3) is 2.27. The van der Waals surface area contributed by atoms with Gasteiger partial charge in [0, 0.05) is 0 Å². The summed E-state index contributed by atoms with van der Waals surface area (Å²) in [7, 11) is 0. The molecule has 0 radical (unpaired) electrons. The molecule has 0 saturated carbocycles. The van der Waals surface area contributed by atoms with Gasteiger partial charge in [-0.1, -0.05) is 27.7 Å². The van der Waals surface area contributed by atoms with Crippen molar-refractivity contribution in [3.05, 3.63) is 23.5 Å². The largest absolute Gasteiger partial charge is 0.159 e. The third-order valence-corrected chi connectivity index (χ3v) is 2.56. The molecule has 1 aromatic rings. The normalized spacial score (nSPS) is 13.3. The molecule has 2 nitrogen and oxygen atoms in total. The quantitative estimate of drug-likeness (QED) is 0.710. The predicted molar refractivity (Wildman–Crippen MR) is 54.8 cm³/mol. The van der Waals surface area contributed by atoms with Gasteiger partial charge in [-0.3, -0.25) is 0 Å². The molecule has 0 amide bonds. The number of hydrogen-bond acceptors (Lipinski definition) is 2. The van der Waals surface area contributed by atoms with Gasteiger partial charge in [-0.25, -0.2) is 0 Å². The minimum Gasteiger partial charge on any atom is -0.159 e. The van der Waals surface area contributed by atoms with Crippen molar-refractivity contribution in [3.63, 3.8) is 0 Å². The maximum atomic E-state index is 3.95. The molecule has 0 aliphatic heterocycles. The minimum atomic E-state index is 0.541. The average molecular weight is 178 g/mol. The van der Waals surface area contributed by atoms with Crippen molar-refractivity contribution in [1.29, 1.82) is 0 Å². The van der Waals surface area contributed by atoms with Gasteiger partial charge in [-0.15, -0.1) is 0 Å². The highest BCUT2D eigenvalue weighted by atomic mass is 15.1. The highest BCUT2D eigenvalue weighted by Gasteiger charge is 2.11. The Hall–Kier alpha value is -0.920.